The topological polar surface area (TPSA) is 9.23 Å². The zero-order valence-electron chi connectivity index (χ0n) is 17.9. The Bertz CT molecular complexity index is 807. The molecule has 0 radical (unpaired) electrons. The van der Waals surface area contributed by atoms with Crippen LogP contribution in [0.2, 0.25) is 0 Å². The van der Waals surface area contributed by atoms with Gasteiger partial charge in [0.1, 0.15) is 5.75 Å². The summed E-state index contributed by atoms with van der Waals surface area (Å²) in [4.78, 5) is 0. The smallest absolute Gasteiger partial charge is 0.387 e. The summed E-state index contributed by atoms with van der Waals surface area (Å²) in [6.45, 7) is -0.533. The Morgan fingerprint density at radius 1 is 0.833 bits per heavy atom. The second kappa shape index (κ2) is 11.7. The molecule has 160 valence electrons. The number of ether oxygens (including phenoxy) is 1. The number of halogens is 2. The quantitative estimate of drug-likeness (QED) is 0.317. The van der Waals surface area contributed by atoms with Crippen molar-refractivity contribution in [1.29, 1.82) is 0 Å². The summed E-state index contributed by atoms with van der Waals surface area (Å²) in [6, 6.07) is 15.0. The Morgan fingerprint density at radius 2 is 1.43 bits per heavy atom. The van der Waals surface area contributed by atoms with Gasteiger partial charge in [0.15, 0.2) is 0 Å². The Hall–Kier alpha value is -2.34. The minimum Gasteiger partial charge on any atom is -0.435 e. The van der Waals surface area contributed by atoms with Crippen molar-refractivity contribution in [3.8, 4) is 17.6 Å². The minimum absolute atomic E-state index is 0.149. The van der Waals surface area contributed by atoms with Crippen molar-refractivity contribution in [2.75, 3.05) is 0 Å². The summed E-state index contributed by atoms with van der Waals surface area (Å²) >= 11 is 0. The van der Waals surface area contributed by atoms with Crippen LogP contribution in [0.4, 0.5) is 8.78 Å². The van der Waals surface area contributed by atoms with Crippen molar-refractivity contribution >= 4 is 0 Å². The van der Waals surface area contributed by atoms with Crippen molar-refractivity contribution < 1.29 is 13.5 Å². The Labute approximate surface area is 179 Å². The molecule has 1 fully saturated rings. The number of alkyl halides is 2. The van der Waals surface area contributed by atoms with Gasteiger partial charge in [-0.3, -0.25) is 0 Å². The third-order valence-corrected chi connectivity index (χ3v) is 6.13. The maximum Gasteiger partial charge on any atom is 0.387 e. The van der Waals surface area contributed by atoms with Crippen LogP contribution < -0.4 is 4.74 Å². The SMILES string of the molecule is CCCCCCC1CCC(c2ccc(C#Cc3ccc(OC(F)F)cc3)cc2)CC1. The van der Waals surface area contributed by atoms with Gasteiger partial charge < -0.3 is 4.74 Å². The Balaban J connectivity index is 1.48. The van der Waals surface area contributed by atoms with Crippen molar-refractivity contribution in [2.24, 2.45) is 5.92 Å². The van der Waals surface area contributed by atoms with E-state index in [-0.39, 0.29) is 5.75 Å². The van der Waals surface area contributed by atoms with E-state index in [9.17, 15) is 8.78 Å². The first-order valence-electron chi connectivity index (χ1n) is 11.3. The molecule has 1 nitrogen and oxygen atoms in total. The number of benzene rings is 2. The van der Waals surface area contributed by atoms with Gasteiger partial charge in [0.05, 0.1) is 0 Å². The summed E-state index contributed by atoms with van der Waals surface area (Å²) in [5.41, 5.74) is 3.17. The molecular weight excluding hydrogens is 378 g/mol. The third kappa shape index (κ3) is 7.17. The number of hydrogen-bond donors (Lipinski definition) is 0. The minimum atomic E-state index is -2.80. The molecule has 3 rings (SSSR count). The first-order valence-corrected chi connectivity index (χ1v) is 11.3. The van der Waals surface area contributed by atoms with E-state index in [4.69, 9.17) is 0 Å². The molecule has 0 amide bonds. The first-order chi connectivity index (χ1) is 14.6. The second-order valence-corrected chi connectivity index (χ2v) is 8.34. The molecule has 0 saturated heterocycles. The van der Waals surface area contributed by atoms with E-state index < -0.39 is 6.61 Å². The monoisotopic (exact) mass is 410 g/mol. The molecule has 0 heterocycles. The summed E-state index contributed by atoms with van der Waals surface area (Å²) in [7, 11) is 0. The fraction of sp³-hybridized carbons (Fsp3) is 0.481. The number of unbranched alkanes of at least 4 members (excludes halogenated alkanes) is 3. The second-order valence-electron chi connectivity index (χ2n) is 8.34. The molecule has 1 aliphatic rings. The molecule has 0 N–H and O–H groups in total. The Morgan fingerprint density at radius 3 is 2.00 bits per heavy atom. The predicted octanol–water partition coefficient (Wildman–Crippen LogP) is 7.93. The molecule has 3 heteroatoms. The predicted molar refractivity (Wildman–Crippen MR) is 119 cm³/mol. The Kier molecular flexibility index (Phi) is 8.75. The molecule has 1 saturated carbocycles. The zero-order valence-corrected chi connectivity index (χ0v) is 17.9. The molecular formula is C27H32F2O. The van der Waals surface area contributed by atoms with E-state index in [2.05, 4.69) is 47.8 Å². The largest absolute Gasteiger partial charge is 0.435 e. The van der Waals surface area contributed by atoms with Crippen LogP contribution in [0.5, 0.6) is 5.75 Å². The van der Waals surface area contributed by atoms with Crippen LogP contribution in [0.15, 0.2) is 48.5 Å². The van der Waals surface area contributed by atoms with Gasteiger partial charge in [-0.05, 0) is 79.5 Å². The number of hydrogen-bond acceptors (Lipinski definition) is 1. The lowest BCUT2D eigenvalue weighted by molar-refractivity contribution is -0.0498. The van der Waals surface area contributed by atoms with E-state index in [1.165, 1.54) is 75.5 Å². The zero-order chi connectivity index (χ0) is 21.2. The van der Waals surface area contributed by atoms with Crippen LogP contribution in [-0.2, 0) is 0 Å². The molecule has 2 aromatic rings. The summed E-state index contributed by atoms with van der Waals surface area (Å²) < 4.78 is 28.8. The lowest BCUT2D eigenvalue weighted by Gasteiger charge is -2.29. The maximum absolute atomic E-state index is 12.2. The highest BCUT2D eigenvalue weighted by molar-refractivity contribution is 5.45. The molecule has 0 aromatic heterocycles. The van der Waals surface area contributed by atoms with E-state index in [0.29, 0.717) is 5.92 Å². The van der Waals surface area contributed by atoms with E-state index in [1.807, 2.05) is 0 Å². The van der Waals surface area contributed by atoms with Gasteiger partial charge in [0.2, 0.25) is 0 Å². The van der Waals surface area contributed by atoms with E-state index >= 15 is 0 Å². The van der Waals surface area contributed by atoms with Crippen LogP contribution in [0.3, 0.4) is 0 Å². The normalized spacial score (nSPS) is 18.7. The highest BCUT2D eigenvalue weighted by atomic mass is 19.3. The van der Waals surface area contributed by atoms with Gasteiger partial charge in [0.25, 0.3) is 0 Å². The fourth-order valence-corrected chi connectivity index (χ4v) is 4.35. The summed E-state index contributed by atoms with van der Waals surface area (Å²) in [5, 5.41) is 0. The molecule has 30 heavy (non-hydrogen) atoms. The van der Waals surface area contributed by atoms with Crippen LogP contribution in [0.25, 0.3) is 0 Å². The maximum atomic E-state index is 12.2. The van der Waals surface area contributed by atoms with E-state index in [0.717, 1.165) is 17.0 Å². The van der Waals surface area contributed by atoms with Crippen LogP contribution in [0.1, 0.15) is 87.3 Å². The van der Waals surface area contributed by atoms with E-state index in [1.54, 1.807) is 12.1 Å². The molecule has 0 atom stereocenters. The first kappa shape index (κ1) is 22.3. The fourth-order valence-electron chi connectivity index (χ4n) is 4.35. The van der Waals surface area contributed by atoms with Gasteiger partial charge >= 0.3 is 6.61 Å². The van der Waals surface area contributed by atoms with Gasteiger partial charge in [-0.1, -0.05) is 63.0 Å². The molecule has 0 spiro atoms. The van der Waals surface area contributed by atoms with Gasteiger partial charge in [0, 0.05) is 11.1 Å². The average Bonchev–Trinajstić information content (AvgIpc) is 2.77. The number of rotatable bonds is 8. The van der Waals surface area contributed by atoms with Crippen LogP contribution in [-0.4, -0.2) is 6.61 Å². The molecule has 0 unspecified atom stereocenters. The molecule has 0 bridgehead atoms. The van der Waals surface area contributed by atoms with Crippen LogP contribution in [0, 0.1) is 17.8 Å². The summed E-state index contributed by atoms with van der Waals surface area (Å²) in [5.74, 6) is 8.00. The average molecular weight is 411 g/mol. The van der Waals surface area contributed by atoms with Crippen LogP contribution >= 0.6 is 0 Å². The lowest BCUT2D eigenvalue weighted by atomic mass is 9.77. The highest BCUT2D eigenvalue weighted by Gasteiger charge is 2.21. The van der Waals surface area contributed by atoms with Gasteiger partial charge in [-0.25, -0.2) is 0 Å². The molecule has 0 aliphatic heterocycles. The van der Waals surface area contributed by atoms with Crippen molar-refractivity contribution in [3.05, 3.63) is 65.2 Å². The highest BCUT2D eigenvalue weighted by Crippen LogP contribution is 2.37. The molecule has 2 aromatic carbocycles. The van der Waals surface area contributed by atoms with Crippen molar-refractivity contribution in [2.45, 2.75) is 77.2 Å². The van der Waals surface area contributed by atoms with Gasteiger partial charge in [-0.2, -0.15) is 8.78 Å². The lowest BCUT2D eigenvalue weighted by Crippen LogP contribution is -2.13. The van der Waals surface area contributed by atoms with Gasteiger partial charge in [-0.15, -0.1) is 0 Å². The third-order valence-electron chi connectivity index (χ3n) is 6.13. The summed E-state index contributed by atoms with van der Waals surface area (Å²) in [6.07, 6.45) is 12.2. The van der Waals surface area contributed by atoms with Crippen molar-refractivity contribution in [1.82, 2.24) is 0 Å². The molecule has 1 aliphatic carbocycles. The standard InChI is InChI=1S/C27H32F2O/c1-2-3-4-5-6-21-9-15-24(16-10-21)25-17-11-22(12-18-25)7-8-23-13-19-26(20-14-23)30-27(28)29/h11-14,17-21,24,27H,2-6,9-10,15-16H2,1H3. The van der Waals surface area contributed by atoms with Crippen molar-refractivity contribution in [3.63, 3.8) is 0 Å².